The predicted octanol–water partition coefficient (Wildman–Crippen LogP) is 1.90. The Morgan fingerprint density at radius 1 is 1.05 bits per heavy atom. The van der Waals surface area contributed by atoms with Gasteiger partial charge in [0.25, 0.3) is 5.91 Å². The molecule has 1 rings (SSSR count). The van der Waals surface area contributed by atoms with Gasteiger partial charge in [0.1, 0.15) is 5.75 Å². The van der Waals surface area contributed by atoms with Gasteiger partial charge in [-0.05, 0) is 37.6 Å². The van der Waals surface area contributed by atoms with Crippen molar-refractivity contribution in [1.82, 2.24) is 5.32 Å². The Balaban J connectivity index is 2.41. The van der Waals surface area contributed by atoms with Crippen LogP contribution in [0.4, 0.5) is 4.79 Å². The Morgan fingerprint density at radius 2 is 1.73 bits per heavy atom. The highest BCUT2D eigenvalue weighted by Crippen LogP contribution is 2.13. The molecule has 0 aliphatic carbocycles. The largest absolute Gasteiger partial charge is 0.494 e. The lowest BCUT2D eigenvalue weighted by Crippen LogP contribution is -2.34. The third-order valence-corrected chi connectivity index (χ3v) is 2.41. The lowest BCUT2D eigenvalue weighted by molar-refractivity contribution is -0.123. The van der Waals surface area contributed by atoms with Gasteiger partial charge < -0.3 is 14.2 Å². The average Bonchev–Trinajstić information content (AvgIpc) is 2.51. The van der Waals surface area contributed by atoms with Crippen molar-refractivity contribution in [2.24, 2.45) is 0 Å². The Kier molecular flexibility index (Phi) is 7.45. The van der Waals surface area contributed by atoms with Crippen LogP contribution in [0.25, 0.3) is 0 Å². The summed E-state index contributed by atoms with van der Waals surface area (Å²) in [6.07, 6.45) is 0.0142. The number of nitrogens with one attached hydrogen (secondary N) is 1. The maximum atomic E-state index is 11.7. The molecule has 0 saturated carbocycles. The first kappa shape index (κ1) is 17.5. The highest BCUT2D eigenvalue weighted by Gasteiger charge is 2.12. The van der Waals surface area contributed by atoms with E-state index < -0.39 is 24.6 Å². The van der Waals surface area contributed by atoms with Crippen LogP contribution in [0.3, 0.4) is 0 Å². The molecule has 0 heterocycles. The maximum Gasteiger partial charge on any atom is 0.413 e. The zero-order valence-electron chi connectivity index (χ0n) is 12.6. The van der Waals surface area contributed by atoms with Crippen LogP contribution in [0.1, 0.15) is 30.6 Å². The molecular weight excluding hydrogens is 290 g/mol. The first-order valence-electron chi connectivity index (χ1n) is 6.93. The normalized spacial score (nSPS) is 9.73. The molecule has 1 N–H and O–H groups in total. The Labute approximate surface area is 128 Å². The molecule has 120 valence electrons. The molecule has 0 aliphatic heterocycles. The van der Waals surface area contributed by atoms with Crippen LogP contribution >= 0.6 is 0 Å². The summed E-state index contributed by atoms with van der Waals surface area (Å²) >= 11 is 0. The highest BCUT2D eigenvalue weighted by atomic mass is 16.6. The van der Waals surface area contributed by atoms with Crippen molar-refractivity contribution in [3.8, 4) is 5.75 Å². The lowest BCUT2D eigenvalue weighted by Gasteiger charge is -2.07. The summed E-state index contributed by atoms with van der Waals surface area (Å²) in [5, 5.41) is 1.92. The number of benzene rings is 1. The number of amides is 2. The first-order chi connectivity index (χ1) is 10.6. The molecule has 1 aromatic carbocycles. The quantitative estimate of drug-likeness (QED) is 0.774. The molecule has 22 heavy (non-hydrogen) atoms. The summed E-state index contributed by atoms with van der Waals surface area (Å²) < 4.78 is 14.7. The average molecular weight is 309 g/mol. The second-order valence-electron chi connectivity index (χ2n) is 4.22. The fraction of sp³-hybridized carbons (Fsp3) is 0.400. The van der Waals surface area contributed by atoms with E-state index in [9.17, 15) is 14.4 Å². The zero-order valence-corrected chi connectivity index (χ0v) is 12.6. The highest BCUT2D eigenvalue weighted by molar-refractivity contribution is 5.95. The number of esters is 1. The van der Waals surface area contributed by atoms with Crippen LogP contribution in [0.5, 0.6) is 5.75 Å². The second kappa shape index (κ2) is 9.38. The van der Waals surface area contributed by atoms with Crippen LogP contribution in [-0.4, -0.2) is 37.8 Å². The van der Waals surface area contributed by atoms with Crippen LogP contribution in [0.15, 0.2) is 24.3 Å². The monoisotopic (exact) mass is 309 g/mol. The van der Waals surface area contributed by atoms with Crippen LogP contribution < -0.4 is 10.1 Å². The standard InChI is InChI=1S/C15H19NO6/c1-3-9-21-12-7-5-11(6-8-12)14(18)22-10-13(17)16-15(19)20-4-2/h5-8H,3-4,9-10H2,1-2H3,(H,16,17,19). The van der Waals surface area contributed by atoms with Gasteiger partial charge in [-0.15, -0.1) is 0 Å². The Hall–Kier alpha value is -2.57. The number of alkyl carbamates (subject to hydrolysis) is 1. The molecule has 7 nitrogen and oxygen atoms in total. The van der Waals surface area contributed by atoms with E-state index in [1.165, 1.54) is 12.1 Å². The molecule has 0 unspecified atom stereocenters. The Morgan fingerprint density at radius 3 is 2.32 bits per heavy atom. The number of carbonyl (C=O) groups is 3. The molecule has 0 aliphatic rings. The molecule has 0 fully saturated rings. The number of rotatable bonds is 7. The molecule has 0 spiro atoms. The van der Waals surface area contributed by atoms with E-state index in [-0.39, 0.29) is 12.2 Å². The summed E-state index contributed by atoms with van der Waals surface area (Å²) in [6, 6.07) is 6.36. The predicted molar refractivity (Wildman–Crippen MR) is 77.7 cm³/mol. The third kappa shape index (κ3) is 6.25. The Bertz CT molecular complexity index is 511. The number of hydrogen-bond donors (Lipinski definition) is 1. The third-order valence-electron chi connectivity index (χ3n) is 2.41. The lowest BCUT2D eigenvalue weighted by atomic mass is 10.2. The van der Waals surface area contributed by atoms with Crippen LogP contribution in [-0.2, 0) is 14.3 Å². The molecule has 0 atom stereocenters. The van der Waals surface area contributed by atoms with E-state index in [0.717, 1.165) is 6.42 Å². The summed E-state index contributed by atoms with van der Waals surface area (Å²) in [6.45, 7) is 3.78. The van der Waals surface area contributed by atoms with Gasteiger partial charge in [0.05, 0.1) is 18.8 Å². The number of imide groups is 1. The van der Waals surface area contributed by atoms with Gasteiger partial charge in [0.15, 0.2) is 6.61 Å². The van der Waals surface area contributed by atoms with Gasteiger partial charge in [-0.1, -0.05) is 6.92 Å². The smallest absolute Gasteiger partial charge is 0.413 e. The van der Waals surface area contributed by atoms with E-state index in [4.69, 9.17) is 9.47 Å². The molecule has 0 bridgehead atoms. The SMILES string of the molecule is CCCOc1ccc(C(=O)OCC(=O)NC(=O)OCC)cc1. The molecule has 7 heteroatoms. The van der Waals surface area contributed by atoms with Crippen molar-refractivity contribution in [3.63, 3.8) is 0 Å². The number of ether oxygens (including phenoxy) is 3. The molecule has 0 aromatic heterocycles. The van der Waals surface area contributed by atoms with Crippen molar-refractivity contribution in [2.75, 3.05) is 19.8 Å². The minimum Gasteiger partial charge on any atom is -0.494 e. The molecular formula is C15H19NO6. The summed E-state index contributed by atoms with van der Waals surface area (Å²) in [5.41, 5.74) is 0.285. The minimum absolute atomic E-state index is 0.144. The maximum absolute atomic E-state index is 11.7. The van der Waals surface area contributed by atoms with E-state index in [2.05, 4.69) is 4.74 Å². The molecule has 0 radical (unpaired) electrons. The number of hydrogen-bond acceptors (Lipinski definition) is 6. The van der Waals surface area contributed by atoms with E-state index >= 15 is 0 Å². The zero-order chi connectivity index (χ0) is 16.4. The van der Waals surface area contributed by atoms with Gasteiger partial charge >= 0.3 is 12.1 Å². The van der Waals surface area contributed by atoms with Gasteiger partial charge in [-0.3, -0.25) is 10.1 Å². The topological polar surface area (TPSA) is 90.9 Å². The van der Waals surface area contributed by atoms with Crippen LogP contribution in [0, 0.1) is 0 Å². The van der Waals surface area contributed by atoms with Crippen molar-refractivity contribution in [1.29, 1.82) is 0 Å². The first-order valence-corrected chi connectivity index (χ1v) is 6.93. The van der Waals surface area contributed by atoms with E-state index in [1.54, 1.807) is 19.1 Å². The summed E-state index contributed by atoms with van der Waals surface area (Å²) in [4.78, 5) is 34.0. The van der Waals surface area contributed by atoms with E-state index in [1.807, 2.05) is 12.2 Å². The van der Waals surface area contributed by atoms with Crippen molar-refractivity contribution >= 4 is 18.0 Å². The summed E-state index contributed by atoms with van der Waals surface area (Å²) in [5.74, 6) is -0.769. The van der Waals surface area contributed by atoms with Gasteiger partial charge in [0, 0.05) is 0 Å². The van der Waals surface area contributed by atoms with Gasteiger partial charge in [-0.25, -0.2) is 9.59 Å². The van der Waals surface area contributed by atoms with Crippen LogP contribution in [0.2, 0.25) is 0 Å². The fourth-order valence-electron chi connectivity index (χ4n) is 1.44. The van der Waals surface area contributed by atoms with Gasteiger partial charge in [0.2, 0.25) is 0 Å². The van der Waals surface area contributed by atoms with Crippen molar-refractivity contribution in [3.05, 3.63) is 29.8 Å². The fourth-order valence-corrected chi connectivity index (χ4v) is 1.44. The van der Waals surface area contributed by atoms with E-state index in [0.29, 0.717) is 12.4 Å². The van der Waals surface area contributed by atoms with Crippen molar-refractivity contribution in [2.45, 2.75) is 20.3 Å². The second-order valence-corrected chi connectivity index (χ2v) is 4.22. The molecule has 2 amide bonds. The minimum atomic E-state index is -0.874. The molecule has 1 aromatic rings. The van der Waals surface area contributed by atoms with Gasteiger partial charge in [-0.2, -0.15) is 0 Å². The molecule has 0 saturated heterocycles. The number of carbonyl (C=O) groups excluding carboxylic acids is 3. The summed E-state index contributed by atoms with van der Waals surface area (Å²) in [7, 11) is 0. The van der Waals surface area contributed by atoms with Crippen molar-refractivity contribution < 1.29 is 28.6 Å².